The number of carbonyl (C=O) groups is 1. The molecule has 0 amide bonds. The fourth-order valence-corrected chi connectivity index (χ4v) is 2.53. The van der Waals surface area contributed by atoms with Gasteiger partial charge in [0, 0.05) is 11.0 Å². The molecule has 24 heavy (non-hydrogen) atoms. The average molecular weight is 394 g/mol. The second-order valence-electron chi connectivity index (χ2n) is 5.31. The Morgan fingerprint density at radius 1 is 1.25 bits per heavy atom. The zero-order valence-corrected chi connectivity index (χ0v) is 15.2. The van der Waals surface area contributed by atoms with Crippen LogP contribution in [-0.4, -0.2) is 24.2 Å². The molecular weight excluding hydrogens is 374 g/mol. The van der Waals surface area contributed by atoms with Crippen LogP contribution in [-0.2, 0) is 17.9 Å². The number of nitrogens with one attached hydrogen (secondary N) is 1. The first kappa shape index (κ1) is 18.3. The van der Waals surface area contributed by atoms with Gasteiger partial charge in [-0.25, -0.2) is 0 Å². The summed E-state index contributed by atoms with van der Waals surface area (Å²) in [5.74, 6) is 0.345. The number of carboxylic acid groups (broad SMARTS) is 1. The number of rotatable bonds is 8. The van der Waals surface area contributed by atoms with Crippen LogP contribution in [0, 0.1) is 0 Å². The summed E-state index contributed by atoms with van der Waals surface area (Å²) in [5, 5.41) is 11.9. The van der Waals surface area contributed by atoms with Gasteiger partial charge >= 0.3 is 5.97 Å². The Labute approximate surface area is 149 Å². The molecule has 0 spiro atoms. The maximum atomic E-state index is 10.9. The summed E-state index contributed by atoms with van der Waals surface area (Å²) in [7, 11) is 1.58. The lowest BCUT2D eigenvalue weighted by atomic mass is 10.2. The Bertz CT molecular complexity index is 691. The van der Waals surface area contributed by atoms with E-state index in [9.17, 15) is 4.79 Å². The molecule has 2 aromatic rings. The quantitative estimate of drug-likeness (QED) is 0.716. The topological polar surface area (TPSA) is 67.8 Å². The van der Waals surface area contributed by atoms with Crippen LogP contribution in [0.2, 0.25) is 0 Å². The Morgan fingerprint density at radius 2 is 1.96 bits per heavy atom. The molecule has 0 heterocycles. The molecule has 0 aliphatic rings. The van der Waals surface area contributed by atoms with Gasteiger partial charge in [-0.1, -0.05) is 46.3 Å². The number of methoxy groups -OCH3 is 1. The van der Waals surface area contributed by atoms with Gasteiger partial charge in [0.05, 0.1) is 7.11 Å². The van der Waals surface area contributed by atoms with E-state index in [1.807, 2.05) is 42.5 Å². The summed E-state index contributed by atoms with van der Waals surface area (Å²) in [5.41, 5.74) is 1.96. The summed E-state index contributed by atoms with van der Waals surface area (Å²) in [6.07, 6.45) is 0. The van der Waals surface area contributed by atoms with Gasteiger partial charge in [0.1, 0.15) is 12.6 Å². The van der Waals surface area contributed by atoms with Gasteiger partial charge in [-0.05, 0) is 30.2 Å². The largest absolute Gasteiger partial charge is 0.493 e. The number of aliphatic carboxylic acids is 1. The van der Waals surface area contributed by atoms with Crippen LogP contribution in [0.5, 0.6) is 11.5 Å². The third kappa shape index (κ3) is 4.97. The second-order valence-corrected chi connectivity index (χ2v) is 6.16. The van der Waals surface area contributed by atoms with Gasteiger partial charge in [-0.15, -0.1) is 0 Å². The van der Waals surface area contributed by atoms with Crippen molar-refractivity contribution in [3.05, 3.63) is 58.1 Å². The first-order chi connectivity index (χ1) is 11.5. The smallest absolute Gasteiger partial charge is 0.320 e. The summed E-state index contributed by atoms with van der Waals surface area (Å²) in [4.78, 5) is 10.9. The maximum absolute atomic E-state index is 10.9. The number of hydrogen-bond donors (Lipinski definition) is 2. The highest BCUT2D eigenvalue weighted by Gasteiger charge is 2.14. The second kappa shape index (κ2) is 8.70. The van der Waals surface area contributed by atoms with Gasteiger partial charge < -0.3 is 19.9 Å². The van der Waals surface area contributed by atoms with Crippen LogP contribution in [0.4, 0.5) is 0 Å². The lowest BCUT2D eigenvalue weighted by Gasteiger charge is -2.15. The Morgan fingerprint density at radius 3 is 2.58 bits per heavy atom. The molecule has 5 nitrogen and oxygen atoms in total. The van der Waals surface area contributed by atoms with Crippen LogP contribution in [0.3, 0.4) is 0 Å². The summed E-state index contributed by atoms with van der Waals surface area (Å²) >= 11 is 3.50. The average Bonchev–Trinajstić information content (AvgIpc) is 2.59. The minimum absolute atomic E-state index is 0.406. The highest BCUT2D eigenvalue weighted by Crippen LogP contribution is 2.34. The van der Waals surface area contributed by atoms with Crippen LogP contribution >= 0.6 is 15.9 Å². The summed E-state index contributed by atoms with van der Waals surface area (Å²) in [6, 6.07) is 12.9. The molecule has 0 aliphatic carbocycles. The zero-order valence-electron chi connectivity index (χ0n) is 13.6. The molecule has 0 radical (unpaired) electrons. The van der Waals surface area contributed by atoms with Crippen molar-refractivity contribution in [2.45, 2.75) is 26.1 Å². The molecule has 2 rings (SSSR count). The van der Waals surface area contributed by atoms with Gasteiger partial charge in [0.2, 0.25) is 0 Å². The first-order valence-electron chi connectivity index (χ1n) is 7.50. The lowest BCUT2D eigenvalue weighted by molar-refractivity contribution is -0.139. The molecule has 2 N–H and O–H groups in total. The lowest BCUT2D eigenvalue weighted by Crippen LogP contribution is -2.33. The van der Waals surface area contributed by atoms with Crippen molar-refractivity contribution in [1.82, 2.24) is 5.32 Å². The van der Waals surface area contributed by atoms with Gasteiger partial charge in [-0.3, -0.25) is 4.79 Å². The molecule has 0 bridgehead atoms. The standard InChI is InChI=1S/C18H20BrNO4/c1-12(18(21)22)20-10-14-8-16(23-2)17(9-15(14)19)24-11-13-6-4-3-5-7-13/h3-9,12,20H,10-11H2,1-2H3,(H,21,22). The number of halogens is 1. The molecular formula is C18H20BrNO4. The number of carboxylic acids is 1. The number of ether oxygens (including phenoxy) is 2. The van der Waals surface area contributed by atoms with Crippen LogP contribution in [0.25, 0.3) is 0 Å². The van der Waals surface area contributed by atoms with Gasteiger partial charge in [0.15, 0.2) is 11.5 Å². The molecule has 0 aliphatic heterocycles. The molecule has 6 heteroatoms. The highest BCUT2D eigenvalue weighted by molar-refractivity contribution is 9.10. The Kier molecular flexibility index (Phi) is 6.63. The summed E-state index contributed by atoms with van der Waals surface area (Å²) < 4.78 is 12.1. The van der Waals surface area contributed by atoms with Crippen molar-refractivity contribution >= 4 is 21.9 Å². The third-order valence-electron chi connectivity index (χ3n) is 3.54. The summed E-state index contributed by atoms with van der Waals surface area (Å²) in [6.45, 7) is 2.45. The predicted octanol–water partition coefficient (Wildman–Crippen LogP) is 3.60. The van der Waals surface area contributed by atoms with E-state index >= 15 is 0 Å². The molecule has 2 aromatic carbocycles. The molecule has 128 valence electrons. The van der Waals surface area contributed by atoms with Gasteiger partial charge in [-0.2, -0.15) is 0 Å². The Hall–Kier alpha value is -2.05. The van der Waals surface area contributed by atoms with Gasteiger partial charge in [0.25, 0.3) is 0 Å². The molecule has 0 saturated carbocycles. The van der Waals surface area contributed by atoms with E-state index in [-0.39, 0.29) is 0 Å². The Balaban J connectivity index is 2.10. The minimum atomic E-state index is -0.888. The van der Waals surface area contributed by atoms with E-state index in [0.29, 0.717) is 24.7 Å². The van der Waals surface area contributed by atoms with Crippen molar-refractivity contribution in [3.63, 3.8) is 0 Å². The van der Waals surface area contributed by atoms with Crippen LogP contribution in [0.15, 0.2) is 46.9 Å². The fraction of sp³-hybridized carbons (Fsp3) is 0.278. The molecule has 0 saturated heterocycles. The van der Waals surface area contributed by atoms with Crippen molar-refractivity contribution in [1.29, 1.82) is 0 Å². The monoisotopic (exact) mass is 393 g/mol. The van der Waals surface area contributed by atoms with E-state index in [1.165, 1.54) is 0 Å². The van der Waals surface area contributed by atoms with Crippen LogP contribution in [0.1, 0.15) is 18.1 Å². The van der Waals surface area contributed by atoms with Crippen molar-refractivity contribution < 1.29 is 19.4 Å². The van der Waals surface area contributed by atoms with Crippen molar-refractivity contribution in [2.75, 3.05) is 7.11 Å². The first-order valence-corrected chi connectivity index (χ1v) is 8.30. The van der Waals surface area contributed by atoms with Crippen molar-refractivity contribution in [3.8, 4) is 11.5 Å². The van der Waals surface area contributed by atoms with E-state index in [0.717, 1.165) is 15.6 Å². The molecule has 1 atom stereocenters. The van der Waals surface area contributed by atoms with E-state index in [4.69, 9.17) is 14.6 Å². The SMILES string of the molecule is COc1cc(CNC(C)C(=O)O)c(Br)cc1OCc1ccccc1. The molecule has 1 unspecified atom stereocenters. The van der Waals surface area contributed by atoms with Crippen molar-refractivity contribution in [2.24, 2.45) is 0 Å². The minimum Gasteiger partial charge on any atom is -0.493 e. The maximum Gasteiger partial charge on any atom is 0.320 e. The highest BCUT2D eigenvalue weighted by atomic mass is 79.9. The predicted molar refractivity (Wildman–Crippen MR) is 95.4 cm³/mol. The molecule has 0 fully saturated rings. The normalized spacial score (nSPS) is 11.8. The number of benzene rings is 2. The van der Waals surface area contributed by atoms with E-state index in [2.05, 4.69) is 21.2 Å². The number of hydrogen-bond acceptors (Lipinski definition) is 4. The fourth-order valence-electron chi connectivity index (χ4n) is 2.07. The third-order valence-corrected chi connectivity index (χ3v) is 4.28. The van der Waals surface area contributed by atoms with Crippen LogP contribution < -0.4 is 14.8 Å². The van der Waals surface area contributed by atoms with E-state index < -0.39 is 12.0 Å². The molecule has 0 aromatic heterocycles. The zero-order chi connectivity index (χ0) is 17.5. The van der Waals surface area contributed by atoms with E-state index in [1.54, 1.807) is 14.0 Å².